The van der Waals surface area contributed by atoms with Gasteiger partial charge in [0.15, 0.2) is 0 Å². The molecule has 0 spiro atoms. The summed E-state index contributed by atoms with van der Waals surface area (Å²) in [5.41, 5.74) is 2.79. The van der Waals surface area contributed by atoms with Crippen LogP contribution in [0.25, 0.3) is 11.0 Å². The minimum atomic E-state index is -3.70. The zero-order chi connectivity index (χ0) is 22.7. The molecule has 174 valence electrons. The highest BCUT2D eigenvalue weighted by atomic mass is 32.2. The van der Waals surface area contributed by atoms with Crippen LogP contribution in [0.3, 0.4) is 0 Å². The van der Waals surface area contributed by atoms with Gasteiger partial charge in [-0.15, -0.1) is 5.10 Å². The zero-order valence-corrected chi connectivity index (χ0v) is 19.8. The van der Waals surface area contributed by atoms with Crippen LogP contribution in [0.5, 0.6) is 0 Å². The van der Waals surface area contributed by atoms with Crippen molar-refractivity contribution in [2.24, 2.45) is 5.92 Å². The number of benzene rings is 1. The second kappa shape index (κ2) is 9.70. The molecular formula is C23H33N5O3S. The van der Waals surface area contributed by atoms with Crippen molar-refractivity contribution in [3.05, 3.63) is 29.8 Å². The van der Waals surface area contributed by atoms with Crippen molar-refractivity contribution in [2.75, 3.05) is 19.6 Å². The van der Waals surface area contributed by atoms with E-state index in [-0.39, 0.29) is 29.3 Å². The highest BCUT2D eigenvalue weighted by Gasteiger charge is 2.33. The molecule has 2 heterocycles. The molecule has 1 amide bonds. The van der Waals surface area contributed by atoms with Crippen LogP contribution in [-0.4, -0.2) is 53.3 Å². The number of fused-ring (bicyclic) bond motifs is 1. The molecule has 2 aromatic rings. The van der Waals surface area contributed by atoms with E-state index in [1.165, 1.54) is 22.7 Å². The number of allylic oxidation sites excluding steroid dienone is 1. The molecular weight excluding hydrogens is 426 g/mol. The van der Waals surface area contributed by atoms with Crippen molar-refractivity contribution in [1.82, 2.24) is 24.6 Å². The first-order valence-electron chi connectivity index (χ1n) is 11.7. The van der Waals surface area contributed by atoms with Crippen molar-refractivity contribution < 1.29 is 13.2 Å². The lowest BCUT2D eigenvalue weighted by atomic mass is 9.96. The number of amides is 1. The Balaban J connectivity index is 1.41. The minimum absolute atomic E-state index is 0.0448. The Morgan fingerprint density at radius 1 is 1.25 bits per heavy atom. The third kappa shape index (κ3) is 4.88. The molecule has 1 saturated heterocycles. The zero-order valence-electron chi connectivity index (χ0n) is 19.0. The Morgan fingerprint density at radius 3 is 2.84 bits per heavy atom. The average Bonchev–Trinajstić information content (AvgIpc) is 3.23. The van der Waals surface area contributed by atoms with Crippen molar-refractivity contribution in [2.45, 2.75) is 69.7 Å². The Kier molecular flexibility index (Phi) is 6.95. The van der Waals surface area contributed by atoms with Gasteiger partial charge in [0.05, 0.1) is 16.3 Å². The molecule has 0 bridgehead atoms. The SMILES string of the molecule is CC(C)n1nnc2cc(S(=O)(=O)N3CCCC(C(=O)NCCC4=CCCCC4)C3)ccc21. The number of rotatable bonds is 7. The summed E-state index contributed by atoms with van der Waals surface area (Å²) in [6.07, 6.45) is 9.31. The topological polar surface area (TPSA) is 97.2 Å². The number of nitrogens with one attached hydrogen (secondary N) is 1. The fraction of sp³-hybridized carbons (Fsp3) is 0.609. The normalized spacial score (nSPS) is 20.5. The maximum Gasteiger partial charge on any atom is 0.243 e. The standard InChI is InChI=1S/C23H33N5O3S/c1-17(2)28-22-11-10-20(15-21(22)25-26-28)32(30,31)27-14-6-9-19(16-27)23(29)24-13-12-18-7-4-3-5-8-18/h7,10-11,15,17,19H,3-6,8-9,12-14,16H2,1-2H3,(H,24,29). The van der Waals surface area contributed by atoms with Gasteiger partial charge in [-0.2, -0.15) is 4.31 Å². The number of aromatic nitrogens is 3. The first-order valence-corrected chi connectivity index (χ1v) is 13.1. The molecule has 8 nitrogen and oxygen atoms in total. The number of nitrogens with zero attached hydrogens (tertiary/aromatic N) is 4. The van der Waals surface area contributed by atoms with Crippen LogP contribution in [-0.2, 0) is 14.8 Å². The van der Waals surface area contributed by atoms with Gasteiger partial charge >= 0.3 is 0 Å². The molecule has 4 rings (SSSR count). The Morgan fingerprint density at radius 2 is 2.09 bits per heavy atom. The maximum atomic E-state index is 13.3. The molecule has 1 aliphatic carbocycles. The van der Waals surface area contributed by atoms with E-state index in [1.54, 1.807) is 22.9 Å². The molecule has 0 saturated carbocycles. The molecule has 1 aliphatic heterocycles. The molecule has 1 unspecified atom stereocenters. The maximum absolute atomic E-state index is 13.3. The summed E-state index contributed by atoms with van der Waals surface area (Å²) in [4.78, 5) is 12.9. The van der Waals surface area contributed by atoms with E-state index in [4.69, 9.17) is 0 Å². The highest BCUT2D eigenvalue weighted by Crippen LogP contribution is 2.26. The summed E-state index contributed by atoms with van der Waals surface area (Å²) in [5.74, 6) is -0.360. The van der Waals surface area contributed by atoms with Gasteiger partial charge < -0.3 is 5.32 Å². The largest absolute Gasteiger partial charge is 0.356 e. The lowest BCUT2D eigenvalue weighted by molar-refractivity contribution is -0.126. The van der Waals surface area contributed by atoms with Crippen molar-refractivity contribution in [3.8, 4) is 0 Å². The van der Waals surface area contributed by atoms with Crippen molar-refractivity contribution in [1.29, 1.82) is 0 Å². The van der Waals surface area contributed by atoms with Gasteiger partial charge in [-0.3, -0.25) is 4.79 Å². The predicted molar refractivity (Wildman–Crippen MR) is 124 cm³/mol. The molecule has 1 aromatic heterocycles. The van der Waals surface area contributed by atoms with E-state index >= 15 is 0 Å². The van der Waals surface area contributed by atoms with Crippen molar-refractivity contribution in [3.63, 3.8) is 0 Å². The summed E-state index contributed by atoms with van der Waals surface area (Å²) < 4.78 is 29.8. The van der Waals surface area contributed by atoms with Gasteiger partial charge in [0.25, 0.3) is 0 Å². The summed E-state index contributed by atoms with van der Waals surface area (Å²) in [6.45, 7) is 5.27. The van der Waals surface area contributed by atoms with Crippen LogP contribution < -0.4 is 5.32 Å². The van der Waals surface area contributed by atoms with Gasteiger partial charge in [-0.1, -0.05) is 16.9 Å². The molecule has 1 fully saturated rings. The quantitative estimate of drug-likeness (QED) is 0.640. The van der Waals surface area contributed by atoms with Gasteiger partial charge in [0.2, 0.25) is 15.9 Å². The van der Waals surface area contributed by atoms with E-state index in [0.717, 1.165) is 24.8 Å². The van der Waals surface area contributed by atoms with Crippen LogP contribution in [0, 0.1) is 5.92 Å². The Hall–Kier alpha value is -2.26. The highest BCUT2D eigenvalue weighted by molar-refractivity contribution is 7.89. The molecule has 0 radical (unpaired) electrons. The lowest BCUT2D eigenvalue weighted by Crippen LogP contribution is -2.45. The number of sulfonamides is 1. The lowest BCUT2D eigenvalue weighted by Gasteiger charge is -2.31. The molecule has 9 heteroatoms. The fourth-order valence-electron chi connectivity index (χ4n) is 4.61. The first-order chi connectivity index (χ1) is 15.4. The molecule has 1 aromatic carbocycles. The van der Waals surface area contributed by atoms with Gasteiger partial charge in [0.1, 0.15) is 5.52 Å². The monoisotopic (exact) mass is 459 g/mol. The smallest absolute Gasteiger partial charge is 0.243 e. The van der Waals surface area contributed by atoms with Crippen LogP contribution in [0.4, 0.5) is 0 Å². The number of carbonyl (C=O) groups is 1. The Bertz CT molecular complexity index is 1110. The molecule has 32 heavy (non-hydrogen) atoms. The number of hydrogen-bond acceptors (Lipinski definition) is 5. The van der Waals surface area contributed by atoms with Gasteiger partial charge in [-0.25, -0.2) is 13.1 Å². The van der Waals surface area contributed by atoms with Crippen molar-refractivity contribution >= 4 is 27.0 Å². The number of carbonyl (C=O) groups excluding carboxylic acids is 1. The number of hydrogen-bond donors (Lipinski definition) is 1. The van der Waals surface area contributed by atoms with E-state index in [1.807, 2.05) is 13.8 Å². The number of piperidine rings is 1. The molecule has 1 atom stereocenters. The van der Waals surface area contributed by atoms with Crippen LogP contribution in [0.2, 0.25) is 0 Å². The second-order valence-electron chi connectivity index (χ2n) is 9.13. The minimum Gasteiger partial charge on any atom is -0.356 e. The van der Waals surface area contributed by atoms with Gasteiger partial charge in [0, 0.05) is 25.7 Å². The average molecular weight is 460 g/mol. The van der Waals surface area contributed by atoms with E-state index in [2.05, 4.69) is 21.7 Å². The Labute approximate surface area is 190 Å². The summed E-state index contributed by atoms with van der Waals surface area (Å²) in [6, 6.07) is 5.09. The second-order valence-corrected chi connectivity index (χ2v) is 11.1. The summed E-state index contributed by atoms with van der Waals surface area (Å²) >= 11 is 0. The summed E-state index contributed by atoms with van der Waals surface area (Å²) in [5, 5.41) is 11.3. The molecule has 1 N–H and O–H groups in total. The third-order valence-corrected chi connectivity index (χ3v) is 8.32. The van der Waals surface area contributed by atoms with Crippen LogP contribution in [0.15, 0.2) is 34.7 Å². The van der Waals surface area contributed by atoms with Crippen LogP contribution in [0.1, 0.15) is 64.8 Å². The van der Waals surface area contributed by atoms with E-state index in [9.17, 15) is 13.2 Å². The first kappa shape index (κ1) is 22.9. The van der Waals surface area contributed by atoms with Gasteiger partial charge in [-0.05, 0) is 77.0 Å². The molecule has 2 aliphatic rings. The predicted octanol–water partition coefficient (Wildman–Crippen LogP) is 3.42. The van der Waals surface area contributed by atoms with E-state index in [0.29, 0.717) is 31.4 Å². The fourth-order valence-corrected chi connectivity index (χ4v) is 6.15. The van der Waals surface area contributed by atoms with Crippen LogP contribution >= 0.6 is 0 Å². The summed E-state index contributed by atoms with van der Waals surface area (Å²) in [7, 11) is -3.70. The van der Waals surface area contributed by atoms with E-state index < -0.39 is 10.0 Å². The third-order valence-electron chi connectivity index (χ3n) is 6.45.